The van der Waals surface area contributed by atoms with Gasteiger partial charge in [-0.05, 0) is 53.6 Å². The second-order valence-corrected chi connectivity index (χ2v) is 6.29. The zero-order valence-electron chi connectivity index (χ0n) is 11.2. The van der Waals surface area contributed by atoms with Gasteiger partial charge in [-0.25, -0.2) is 0 Å². The molecule has 106 valence electrons. The molecule has 1 saturated carbocycles. The van der Waals surface area contributed by atoms with Crippen molar-refractivity contribution in [2.45, 2.75) is 31.2 Å². The van der Waals surface area contributed by atoms with E-state index in [4.69, 9.17) is 15.0 Å². The van der Waals surface area contributed by atoms with Gasteiger partial charge in [0.05, 0.1) is 18.2 Å². The van der Waals surface area contributed by atoms with Crippen molar-refractivity contribution >= 4 is 22.6 Å². The summed E-state index contributed by atoms with van der Waals surface area (Å²) < 4.78 is 11.6. The van der Waals surface area contributed by atoms with Gasteiger partial charge in [0.15, 0.2) is 5.82 Å². The molecule has 0 amide bonds. The van der Waals surface area contributed by atoms with E-state index >= 15 is 0 Å². The summed E-state index contributed by atoms with van der Waals surface area (Å²) in [5, 5.41) is 4.08. The standard InChI is InChI=1S/C14H16IN3O2/c1-19-9-4-5-10(11(15)8-9)12-17-13(18-20-12)14(16)6-2-3-7-14/h4-5,8H,2-3,6-7,16H2,1H3. The van der Waals surface area contributed by atoms with E-state index in [1.165, 1.54) is 0 Å². The second kappa shape index (κ2) is 5.33. The predicted molar refractivity (Wildman–Crippen MR) is 83.3 cm³/mol. The highest BCUT2D eigenvalue weighted by Gasteiger charge is 2.36. The summed E-state index contributed by atoms with van der Waals surface area (Å²) in [5.74, 6) is 1.95. The highest BCUT2D eigenvalue weighted by atomic mass is 127. The van der Waals surface area contributed by atoms with Gasteiger partial charge in [0, 0.05) is 3.57 Å². The van der Waals surface area contributed by atoms with Gasteiger partial charge in [0.1, 0.15) is 5.75 Å². The van der Waals surface area contributed by atoms with Gasteiger partial charge in [0.2, 0.25) is 0 Å². The molecule has 0 unspecified atom stereocenters. The van der Waals surface area contributed by atoms with E-state index in [0.717, 1.165) is 40.6 Å². The molecule has 1 fully saturated rings. The Kier molecular flexibility index (Phi) is 3.68. The maximum Gasteiger partial charge on any atom is 0.259 e. The first-order valence-corrected chi connectivity index (χ1v) is 7.67. The normalized spacial score (nSPS) is 17.4. The molecule has 2 N–H and O–H groups in total. The molecule has 0 atom stereocenters. The number of nitrogens with two attached hydrogens (primary N) is 1. The maximum atomic E-state index is 6.35. The number of hydrogen-bond donors (Lipinski definition) is 1. The fourth-order valence-corrected chi connectivity index (χ4v) is 3.28. The number of hydrogen-bond acceptors (Lipinski definition) is 5. The van der Waals surface area contributed by atoms with Crippen molar-refractivity contribution in [1.29, 1.82) is 0 Å². The van der Waals surface area contributed by atoms with E-state index in [1.807, 2.05) is 18.2 Å². The molecule has 1 heterocycles. The van der Waals surface area contributed by atoms with Crippen molar-refractivity contribution in [1.82, 2.24) is 10.1 Å². The number of aromatic nitrogens is 2. The van der Waals surface area contributed by atoms with E-state index in [9.17, 15) is 0 Å². The van der Waals surface area contributed by atoms with Crippen molar-refractivity contribution in [2.24, 2.45) is 5.73 Å². The Bertz CT molecular complexity index is 621. The van der Waals surface area contributed by atoms with Crippen LogP contribution in [0.15, 0.2) is 22.7 Å². The lowest BCUT2D eigenvalue weighted by atomic mass is 9.99. The summed E-state index contributed by atoms with van der Waals surface area (Å²) in [5.41, 5.74) is 6.84. The smallest absolute Gasteiger partial charge is 0.259 e. The molecule has 2 aromatic rings. The van der Waals surface area contributed by atoms with Crippen molar-refractivity contribution in [3.63, 3.8) is 0 Å². The summed E-state index contributed by atoms with van der Waals surface area (Å²) in [6.45, 7) is 0. The topological polar surface area (TPSA) is 74.2 Å². The number of ether oxygens (including phenoxy) is 1. The Labute approximate surface area is 131 Å². The Hall–Kier alpha value is -1.15. The van der Waals surface area contributed by atoms with Crippen molar-refractivity contribution in [3.8, 4) is 17.2 Å². The van der Waals surface area contributed by atoms with Crippen LogP contribution in [0.4, 0.5) is 0 Å². The molecule has 0 saturated heterocycles. The number of rotatable bonds is 3. The SMILES string of the molecule is COc1ccc(-c2nc(C3(N)CCCC3)no2)c(I)c1. The number of benzene rings is 1. The fourth-order valence-electron chi connectivity index (χ4n) is 2.56. The van der Waals surface area contributed by atoms with Gasteiger partial charge in [-0.1, -0.05) is 18.0 Å². The van der Waals surface area contributed by atoms with Crippen LogP contribution < -0.4 is 10.5 Å². The highest BCUT2D eigenvalue weighted by Crippen LogP contribution is 2.36. The first kappa shape index (κ1) is 13.8. The van der Waals surface area contributed by atoms with E-state index in [1.54, 1.807) is 7.11 Å². The Morgan fingerprint density at radius 2 is 2.10 bits per heavy atom. The third kappa shape index (κ3) is 2.42. The molecule has 0 bridgehead atoms. The lowest BCUT2D eigenvalue weighted by Gasteiger charge is -2.17. The van der Waals surface area contributed by atoms with Crippen LogP contribution in [-0.4, -0.2) is 17.3 Å². The van der Waals surface area contributed by atoms with E-state index in [-0.39, 0.29) is 0 Å². The summed E-state index contributed by atoms with van der Waals surface area (Å²) in [4.78, 5) is 4.50. The molecule has 3 rings (SSSR count). The molecule has 1 aliphatic carbocycles. The zero-order valence-corrected chi connectivity index (χ0v) is 13.4. The zero-order chi connectivity index (χ0) is 14.2. The largest absolute Gasteiger partial charge is 0.497 e. The average molecular weight is 385 g/mol. The molecular weight excluding hydrogens is 369 g/mol. The predicted octanol–water partition coefficient (Wildman–Crippen LogP) is 3.08. The van der Waals surface area contributed by atoms with Crippen LogP contribution in [-0.2, 0) is 5.54 Å². The van der Waals surface area contributed by atoms with Crippen molar-refractivity contribution in [2.75, 3.05) is 7.11 Å². The van der Waals surface area contributed by atoms with E-state index in [2.05, 4.69) is 32.7 Å². The fraction of sp³-hybridized carbons (Fsp3) is 0.429. The Morgan fingerprint density at radius 3 is 2.75 bits per heavy atom. The monoisotopic (exact) mass is 385 g/mol. The molecule has 1 aliphatic rings. The number of halogens is 1. The van der Waals surface area contributed by atoms with Gasteiger partial charge in [-0.3, -0.25) is 0 Å². The molecule has 0 aliphatic heterocycles. The lowest BCUT2D eigenvalue weighted by molar-refractivity contribution is 0.372. The van der Waals surface area contributed by atoms with Gasteiger partial charge in [-0.2, -0.15) is 4.98 Å². The molecule has 20 heavy (non-hydrogen) atoms. The third-order valence-electron chi connectivity index (χ3n) is 3.77. The van der Waals surface area contributed by atoms with Crippen LogP contribution in [0.1, 0.15) is 31.5 Å². The van der Waals surface area contributed by atoms with Gasteiger partial charge in [-0.15, -0.1) is 0 Å². The van der Waals surface area contributed by atoms with Crippen LogP contribution in [0.3, 0.4) is 0 Å². The van der Waals surface area contributed by atoms with Crippen LogP contribution in [0.5, 0.6) is 5.75 Å². The van der Waals surface area contributed by atoms with Gasteiger partial charge in [0.25, 0.3) is 5.89 Å². The van der Waals surface area contributed by atoms with Crippen LogP contribution in [0, 0.1) is 3.57 Å². The first-order valence-electron chi connectivity index (χ1n) is 6.59. The van der Waals surface area contributed by atoms with Crippen LogP contribution in [0.25, 0.3) is 11.5 Å². The summed E-state index contributed by atoms with van der Waals surface area (Å²) in [6, 6.07) is 5.75. The first-order chi connectivity index (χ1) is 9.62. The summed E-state index contributed by atoms with van der Waals surface area (Å²) in [7, 11) is 1.65. The van der Waals surface area contributed by atoms with E-state index in [0.29, 0.717) is 11.7 Å². The molecule has 1 aromatic carbocycles. The van der Waals surface area contributed by atoms with Crippen molar-refractivity contribution in [3.05, 3.63) is 27.6 Å². The average Bonchev–Trinajstić information content (AvgIpc) is 3.08. The molecule has 1 aromatic heterocycles. The summed E-state index contributed by atoms with van der Waals surface area (Å²) in [6.07, 6.45) is 4.10. The minimum Gasteiger partial charge on any atom is -0.497 e. The molecule has 0 radical (unpaired) electrons. The second-order valence-electron chi connectivity index (χ2n) is 5.13. The Morgan fingerprint density at radius 1 is 1.35 bits per heavy atom. The summed E-state index contributed by atoms with van der Waals surface area (Å²) >= 11 is 2.23. The molecule has 6 heteroatoms. The Balaban J connectivity index is 1.94. The maximum absolute atomic E-state index is 6.35. The quantitative estimate of drug-likeness (QED) is 0.823. The van der Waals surface area contributed by atoms with Crippen molar-refractivity contribution < 1.29 is 9.26 Å². The third-order valence-corrected chi connectivity index (χ3v) is 4.67. The molecule has 0 spiro atoms. The lowest BCUT2D eigenvalue weighted by Crippen LogP contribution is -2.34. The van der Waals surface area contributed by atoms with Gasteiger partial charge >= 0.3 is 0 Å². The van der Waals surface area contributed by atoms with Crippen LogP contribution in [0.2, 0.25) is 0 Å². The van der Waals surface area contributed by atoms with Gasteiger partial charge < -0.3 is 15.0 Å². The van der Waals surface area contributed by atoms with Crippen LogP contribution >= 0.6 is 22.6 Å². The highest BCUT2D eigenvalue weighted by molar-refractivity contribution is 14.1. The number of nitrogens with zero attached hydrogens (tertiary/aromatic N) is 2. The van der Waals surface area contributed by atoms with E-state index < -0.39 is 5.54 Å². The molecule has 5 nitrogen and oxygen atoms in total. The minimum absolute atomic E-state index is 0.417. The number of methoxy groups -OCH3 is 1. The minimum atomic E-state index is -0.417. The molecular formula is C14H16IN3O2.